The molecule has 0 fully saturated rings. The Morgan fingerprint density at radius 3 is 2.87 bits per heavy atom. The van der Waals surface area contributed by atoms with Gasteiger partial charge in [-0.3, -0.25) is 4.57 Å². The molecule has 4 nitrogen and oxygen atoms in total. The van der Waals surface area contributed by atoms with Crippen molar-refractivity contribution in [2.75, 3.05) is 7.11 Å². The lowest BCUT2D eigenvalue weighted by atomic mass is 10.3. The van der Waals surface area contributed by atoms with Crippen LogP contribution in [0.3, 0.4) is 0 Å². The number of nitrogens with zero attached hydrogens (tertiary/aromatic N) is 1. The Hall–Kier alpha value is -1.49. The second-order valence-electron chi connectivity index (χ2n) is 2.95. The summed E-state index contributed by atoms with van der Waals surface area (Å²) in [6.45, 7) is 0. The number of H-pyrrole nitrogens is 1. The zero-order valence-corrected chi connectivity index (χ0v) is 9.61. The molecule has 0 aliphatic rings. The summed E-state index contributed by atoms with van der Waals surface area (Å²) in [5, 5.41) is 0. The van der Waals surface area contributed by atoms with Gasteiger partial charge in [0.2, 0.25) is 0 Å². The van der Waals surface area contributed by atoms with Crippen molar-refractivity contribution in [1.82, 2.24) is 9.55 Å². The Morgan fingerprint density at radius 2 is 2.27 bits per heavy atom. The minimum absolute atomic E-state index is 0.185. The molecule has 0 atom stereocenters. The normalized spacial score (nSPS) is 10.3. The predicted octanol–water partition coefficient (Wildman–Crippen LogP) is 1.94. The second-order valence-corrected chi connectivity index (χ2v) is 3.77. The first-order valence-corrected chi connectivity index (χ1v) is 5.12. The summed E-state index contributed by atoms with van der Waals surface area (Å²) < 4.78 is 7.29. The summed E-state index contributed by atoms with van der Waals surface area (Å²) in [4.78, 5) is 14.1. The predicted molar refractivity (Wildman–Crippen MR) is 60.6 cm³/mol. The summed E-state index contributed by atoms with van der Waals surface area (Å²) in [6.07, 6.45) is 1.60. The van der Waals surface area contributed by atoms with Gasteiger partial charge in [-0.15, -0.1) is 0 Å². The summed E-state index contributed by atoms with van der Waals surface area (Å²) in [5.74, 6) is 0.715. The van der Waals surface area contributed by atoms with Gasteiger partial charge in [0.25, 0.3) is 0 Å². The molecule has 0 amide bonds. The highest BCUT2D eigenvalue weighted by atomic mass is 79.9. The summed E-state index contributed by atoms with van der Waals surface area (Å²) in [6, 6.07) is 7.29. The van der Waals surface area contributed by atoms with Crippen LogP contribution in [0.5, 0.6) is 5.75 Å². The van der Waals surface area contributed by atoms with Gasteiger partial charge in [-0.25, -0.2) is 4.79 Å². The van der Waals surface area contributed by atoms with Crippen LogP contribution in [0.1, 0.15) is 0 Å². The first-order valence-electron chi connectivity index (χ1n) is 4.33. The topological polar surface area (TPSA) is 47.0 Å². The lowest BCUT2D eigenvalue weighted by Gasteiger charge is -2.05. The zero-order chi connectivity index (χ0) is 10.8. The van der Waals surface area contributed by atoms with E-state index in [0.29, 0.717) is 10.4 Å². The molecule has 1 aromatic carbocycles. The molecule has 0 unspecified atom stereocenters. The Kier molecular flexibility index (Phi) is 2.64. The second kappa shape index (κ2) is 3.94. The van der Waals surface area contributed by atoms with Gasteiger partial charge in [0.05, 0.1) is 12.8 Å². The maximum atomic E-state index is 11.5. The molecule has 0 bridgehead atoms. The molecule has 5 heteroatoms. The number of aromatic nitrogens is 2. The van der Waals surface area contributed by atoms with Gasteiger partial charge >= 0.3 is 5.69 Å². The molecule has 1 N–H and O–H groups in total. The quantitative estimate of drug-likeness (QED) is 0.905. The van der Waals surface area contributed by atoms with E-state index in [9.17, 15) is 4.79 Å². The van der Waals surface area contributed by atoms with Gasteiger partial charge < -0.3 is 9.72 Å². The van der Waals surface area contributed by atoms with E-state index < -0.39 is 0 Å². The third-order valence-electron chi connectivity index (χ3n) is 2.04. The fourth-order valence-corrected chi connectivity index (χ4v) is 1.82. The molecule has 2 rings (SSSR count). The van der Waals surface area contributed by atoms with Gasteiger partial charge in [0, 0.05) is 12.3 Å². The Morgan fingerprint density at radius 1 is 1.47 bits per heavy atom. The average Bonchev–Trinajstić information content (AvgIpc) is 2.59. The standard InChI is InChI=1S/C10H9BrN2O2/c1-15-8-4-2-3-7(5-8)13-9(11)6-12-10(13)14/h2-6H,1H3,(H,12,14). The molecule has 0 aliphatic carbocycles. The van der Waals surface area contributed by atoms with Crippen molar-refractivity contribution in [1.29, 1.82) is 0 Å². The summed E-state index contributed by atoms with van der Waals surface area (Å²) in [7, 11) is 1.59. The van der Waals surface area contributed by atoms with E-state index in [0.717, 1.165) is 5.69 Å². The van der Waals surface area contributed by atoms with E-state index in [1.54, 1.807) is 19.4 Å². The molecule has 0 aliphatic heterocycles. The van der Waals surface area contributed by atoms with E-state index in [4.69, 9.17) is 4.74 Å². The highest BCUT2D eigenvalue weighted by molar-refractivity contribution is 9.10. The minimum atomic E-state index is -0.185. The highest BCUT2D eigenvalue weighted by Gasteiger charge is 2.06. The zero-order valence-electron chi connectivity index (χ0n) is 8.03. The molecule has 0 saturated carbocycles. The van der Waals surface area contributed by atoms with Crippen LogP contribution < -0.4 is 10.4 Å². The fraction of sp³-hybridized carbons (Fsp3) is 0.100. The average molecular weight is 269 g/mol. The SMILES string of the molecule is COc1cccc(-n2c(Br)c[nH]c2=O)c1. The van der Waals surface area contributed by atoms with Crippen LogP contribution >= 0.6 is 15.9 Å². The van der Waals surface area contributed by atoms with Crippen molar-refractivity contribution in [3.63, 3.8) is 0 Å². The molecule has 0 spiro atoms. The van der Waals surface area contributed by atoms with Gasteiger partial charge in [0.15, 0.2) is 0 Å². The van der Waals surface area contributed by atoms with Crippen molar-refractivity contribution in [3.8, 4) is 11.4 Å². The Balaban J connectivity index is 2.59. The lowest BCUT2D eigenvalue weighted by molar-refractivity contribution is 0.414. The van der Waals surface area contributed by atoms with Crippen LogP contribution in [-0.4, -0.2) is 16.7 Å². The summed E-state index contributed by atoms with van der Waals surface area (Å²) in [5.41, 5.74) is 0.572. The number of rotatable bonds is 2. The van der Waals surface area contributed by atoms with Gasteiger partial charge in [0.1, 0.15) is 10.4 Å². The number of aromatic amines is 1. The van der Waals surface area contributed by atoms with Crippen molar-refractivity contribution in [2.45, 2.75) is 0 Å². The monoisotopic (exact) mass is 268 g/mol. The van der Waals surface area contributed by atoms with Crippen molar-refractivity contribution < 1.29 is 4.74 Å². The number of hydrogen-bond acceptors (Lipinski definition) is 2. The number of imidazole rings is 1. The first-order chi connectivity index (χ1) is 7.22. The molecule has 2 aromatic rings. The molecule has 78 valence electrons. The van der Waals surface area contributed by atoms with Crippen LogP contribution in [0.15, 0.2) is 39.9 Å². The minimum Gasteiger partial charge on any atom is -0.497 e. The molecule has 1 aromatic heterocycles. The molecular weight excluding hydrogens is 260 g/mol. The van der Waals surface area contributed by atoms with Crippen LogP contribution in [0.2, 0.25) is 0 Å². The van der Waals surface area contributed by atoms with Gasteiger partial charge in [-0.05, 0) is 28.1 Å². The Bertz CT molecular complexity index is 530. The summed E-state index contributed by atoms with van der Waals surface area (Å²) >= 11 is 3.29. The molecule has 0 saturated heterocycles. The van der Waals surface area contributed by atoms with Gasteiger partial charge in [-0.1, -0.05) is 6.07 Å². The smallest absolute Gasteiger partial charge is 0.331 e. The number of nitrogens with one attached hydrogen (secondary N) is 1. The maximum Gasteiger partial charge on any atom is 0.331 e. The Labute approximate surface area is 94.6 Å². The van der Waals surface area contributed by atoms with E-state index >= 15 is 0 Å². The third-order valence-corrected chi connectivity index (χ3v) is 2.63. The number of ether oxygens (including phenoxy) is 1. The highest BCUT2D eigenvalue weighted by Crippen LogP contribution is 2.18. The third kappa shape index (κ3) is 1.83. The number of benzene rings is 1. The lowest BCUT2D eigenvalue weighted by Crippen LogP contribution is -2.14. The number of methoxy groups -OCH3 is 1. The molecule has 1 heterocycles. The van der Waals surface area contributed by atoms with E-state index in [1.165, 1.54) is 4.57 Å². The van der Waals surface area contributed by atoms with Crippen LogP contribution in [0.4, 0.5) is 0 Å². The molecule has 0 radical (unpaired) electrons. The van der Waals surface area contributed by atoms with Crippen LogP contribution in [0.25, 0.3) is 5.69 Å². The largest absolute Gasteiger partial charge is 0.497 e. The van der Waals surface area contributed by atoms with Crippen LogP contribution in [0, 0.1) is 0 Å². The molecular formula is C10H9BrN2O2. The van der Waals surface area contributed by atoms with Crippen molar-refractivity contribution >= 4 is 15.9 Å². The van der Waals surface area contributed by atoms with E-state index in [2.05, 4.69) is 20.9 Å². The fourth-order valence-electron chi connectivity index (χ4n) is 1.34. The van der Waals surface area contributed by atoms with Gasteiger partial charge in [-0.2, -0.15) is 0 Å². The number of hydrogen-bond donors (Lipinski definition) is 1. The van der Waals surface area contributed by atoms with Crippen LogP contribution in [-0.2, 0) is 0 Å². The number of halogens is 1. The maximum absolute atomic E-state index is 11.5. The van der Waals surface area contributed by atoms with Crippen molar-refractivity contribution in [3.05, 3.63) is 45.5 Å². The van der Waals surface area contributed by atoms with E-state index in [1.807, 2.05) is 18.2 Å². The molecule has 15 heavy (non-hydrogen) atoms. The van der Waals surface area contributed by atoms with E-state index in [-0.39, 0.29) is 5.69 Å². The van der Waals surface area contributed by atoms with Crippen molar-refractivity contribution in [2.24, 2.45) is 0 Å². The first kappa shape index (κ1) is 10.0.